The Balaban J connectivity index is 2.00. The molecule has 2 aliphatic heterocycles. The van der Waals surface area contributed by atoms with E-state index in [1.807, 2.05) is 26.8 Å². The smallest absolute Gasteiger partial charge is 0.0976 e. The molecule has 0 radical (unpaired) electrons. The van der Waals surface area contributed by atoms with Gasteiger partial charge < -0.3 is 0 Å². The summed E-state index contributed by atoms with van der Waals surface area (Å²) in [4.78, 5) is 2.60. The number of rotatable bonds is 6. The second kappa shape index (κ2) is 7.34. The third-order valence-electron chi connectivity index (χ3n) is 5.88. The van der Waals surface area contributed by atoms with Gasteiger partial charge in [-0.1, -0.05) is 36.4 Å². The second-order valence-electron chi connectivity index (χ2n) is 8.58. The number of fused-ring (bicyclic) bond motifs is 3. The molecule has 138 valence electrons. The van der Waals surface area contributed by atoms with Gasteiger partial charge in [0.1, 0.15) is 0 Å². The molecule has 0 spiro atoms. The first-order valence-electron chi connectivity index (χ1n) is 9.46. The van der Waals surface area contributed by atoms with Crippen molar-refractivity contribution in [1.82, 2.24) is 9.62 Å². The zero-order valence-corrected chi connectivity index (χ0v) is 16.6. The predicted octanol–water partition coefficient (Wildman–Crippen LogP) is 4.21. The van der Waals surface area contributed by atoms with Crippen molar-refractivity contribution in [1.29, 1.82) is 0 Å². The van der Waals surface area contributed by atoms with Crippen molar-refractivity contribution in [3.05, 3.63) is 48.6 Å². The van der Waals surface area contributed by atoms with Crippen LogP contribution in [0.5, 0.6) is 0 Å². The molecule has 4 rings (SSSR count). The van der Waals surface area contributed by atoms with Gasteiger partial charge in [-0.2, -0.15) is 0 Å². The first-order chi connectivity index (χ1) is 11.9. The first kappa shape index (κ1) is 18.8. The highest BCUT2D eigenvalue weighted by Gasteiger charge is 2.51. The maximum atomic E-state index is 13.0. The highest BCUT2D eigenvalue weighted by molar-refractivity contribution is 7.84. The topological polar surface area (TPSA) is 32.3 Å². The molecule has 2 saturated heterocycles. The Labute approximate surface area is 155 Å². The molecule has 3 nitrogen and oxygen atoms in total. The van der Waals surface area contributed by atoms with E-state index in [0.29, 0.717) is 0 Å². The van der Waals surface area contributed by atoms with Gasteiger partial charge >= 0.3 is 0 Å². The Morgan fingerprint density at radius 2 is 1.96 bits per heavy atom. The summed E-state index contributed by atoms with van der Waals surface area (Å²) in [6.45, 7) is 12.1. The van der Waals surface area contributed by atoms with Crippen LogP contribution in [0.1, 0.15) is 58.1 Å². The van der Waals surface area contributed by atoms with Crippen molar-refractivity contribution in [2.24, 2.45) is 5.92 Å². The molecule has 0 amide bonds. The summed E-state index contributed by atoms with van der Waals surface area (Å²) >= 11 is 0. The lowest BCUT2D eigenvalue weighted by Gasteiger charge is -2.58. The molecule has 1 aromatic carbocycles. The molecular formula is C21H32N2OS. The van der Waals surface area contributed by atoms with Crippen LogP contribution in [0.4, 0.5) is 0 Å². The molecule has 25 heavy (non-hydrogen) atoms. The van der Waals surface area contributed by atoms with Crippen LogP contribution in [0.3, 0.4) is 0 Å². The van der Waals surface area contributed by atoms with E-state index < -0.39 is 11.0 Å². The Morgan fingerprint density at radius 1 is 1.32 bits per heavy atom. The van der Waals surface area contributed by atoms with Gasteiger partial charge in [-0.05, 0) is 57.9 Å². The van der Waals surface area contributed by atoms with Crippen LogP contribution in [0.2, 0.25) is 0 Å². The Morgan fingerprint density at radius 3 is 2.52 bits per heavy atom. The number of piperidine rings is 2. The molecule has 0 aromatic heterocycles. The molecular weight excluding hydrogens is 328 g/mol. The maximum Gasteiger partial charge on any atom is 0.0976 e. The van der Waals surface area contributed by atoms with Crippen molar-refractivity contribution in [3.8, 4) is 0 Å². The van der Waals surface area contributed by atoms with Crippen molar-refractivity contribution >= 4 is 11.0 Å². The van der Waals surface area contributed by atoms with Crippen LogP contribution in [-0.4, -0.2) is 32.5 Å². The van der Waals surface area contributed by atoms with E-state index in [4.69, 9.17) is 0 Å². The Bertz CT molecular complexity index is 615. The first-order valence-corrected chi connectivity index (χ1v) is 10.6. The van der Waals surface area contributed by atoms with Crippen molar-refractivity contribution < 1.29 is 4.21 Å². The molecule has 3 aliphatic rings. The van der Waals surface area contributed by atoms with Crippen molar-refractivity contribution in [2.45, 2.75) is 62.8 Å². The van der Waals surface area contributed by atoms with Gasteiger partial charge in [-0.25, -0.2) is 8.93 Å². The number of hydrogen-bond donors (Lipinski definition) is 1. The Hall–Kier alpha value is -0.970. The third kappa shape index (κ3) is 3.76. The molecule has 1 N–H and O–H groups in total. The summed E-state index contributed by atoms with van der Waals surface area (Å²) in [6.07, 6.45) is 6.91. The van der Waals surface area contributed by atoms with E-state index in [9.17, 15) is 4.21 Å². The standard InChI is InChI=1S/C21H32N2OS/c1-5-15-23-16-17-11-13-21(23,14-12-17)19(18-9-7-6-8-10-18)22-25(24)20(2,3)4/h5-10,17,19,22H,1,11-16H2,2-4H3. The van der Waals surface area contributed by atoms with E-state index in [1.165, 1.54) is 31.2 Å². The predicted molar refractivity (Wildman–Crippen MR) is 107 cm³/mol. The van der Waals surface area contributed by atoms with Crippen LogP contribution in [0, 0.1) is 5.92 Å². The summed E-state index contributed by atoms with van der Waals surface area (Å²) in [5.74, 6) is 0.811. The SMILES string of the molecule is C=CCN1CC2CCC1(C(NS(=O)C(C)(C)C)c1ccccc1)CC2. The van der Waals surface area contributed by atoms with Gasteiger partial charge in [0, 0.05) is 18.6 Å². The lowest BCUT2D eigenvalue weighted by atomic mass is 9.66. The molecule has 2 bridgehead atoms. The van der Waals surface area contributed by atoms with Crippen molar-refractivity contribution in [3.63, 3.8) is 0 Å². The normalized spacial score (nSPS) is 29.3. The van der Waals surface area contributed by atoms with Crippen LogP contribution in [0.15, 0.2) is 43.0 Å². The average Bonchev–Trinajstić information content (AvgIpc) is 2.61. The fraction of sp³-hybridized carbons (Fsp3) is 0.619. The molecule has 1 saturated carbocycles. The zero-order chi connectivity index (χ0) is 18.1. The lowest BCUT2D eigenvalue weighted by Crippen LogP contribution is -2.64. The van der Waals surface area contributed by atoms with E-state index >= 15 is 0 Å². The van der Waals surface area contributed by atoms with Gasteiger partial charge in [-0.3, -0.25) is 4.90 Å². The summed E-state index contributed by atoms with van der Waals surface area (Å²) < 4.78 is 16.3. The monoisotopic (exact) mass is 360 g/mol. The quantitative estimate of drug-likeness (QED) is 0.771. The molecule has 1 aromatic rings. The minimum absolute atomic E-state index is 0.0329. The molecule has 1 aliphatic carbocycles. The van der Waals surface area contributed by atoms with Gasteiger partial charge in [0.15, 0.2) is 0 Å². The fourth-order valence-corrected chi connectivity index (χ4v) is 5.39. The number of nitrogens with one attached hydrogen (secondary N) is 1. The van der Waals surface area contributed by atoms with E-state index in [-0.39, 0.29) is 16.3 Å². The molecule has 3 fully saturated rings. The van der Waals surface area contributed by atoms with Crippen LogP contribution < -0.4 is 4.72 Å². The summed E-state index contributed by atoms with van der Waals surface area (Å²) in [5.41, 5.74) is 1.28. The molecule has 4 heteroatoms. The average molecular weight is 361 g/mol. The highest BCUT2D eigenvalue weighted by atomic mass is 32.2. The molecule has 2 unspecified atom stereocenters. The van der Waals surface area contributed by atoms with E-state index in [2.05, 4.69) is 46.5 Å². The third-order valence-corrected chi connectivity index (χ3v) is 7.44. The zero-order valence-electron chi connectivity index (χ0n) is 15.8. The largest absolute Gasteiger partial charge is 0.292 e. The molecule has 2 heterocycles. The number of benzene rings is 1. The molecule has 2 atom stereocenters. The van der Waals surface area contributed by atoms with Crippen LogP contribution >= 0.6 is 0 Å². The van der Waals surface area contributed by atoms with E-state index in [0.717, 1.165) is 19.0 Å². The van der Waals surface area contributed by atoms with Gasteiger partial charge in [0.05, 0.1) is 21.8 Å². The minimum Gasteiger partial charge on any atom is -0.292 e. The second-order valence-corrected chi connectivity index (χ2v) is 10.6. The van der Waals surface area contributed by atoms with Crippen LogP contribution in [0.25, 0.3) is 0 Å². The van der Waals surface area contributed by atoms with Gasteiger partial charge in [-0.15, -0.1) is 6.58 Å². The Kier molecular flexibility index (Phi) is 5.52. The summed E-state index contributed by atoms with van der Waals surface area (Å²) in [7, 11) is -1.10. The summed E-state index contributed by atoms with van der Waals surface area (Å²) in [6, 6.07) is 10.7. The minimum atomic E-state index is -1.10. The lowest BCUT2D eigenvalue weighted by molar-refractivity contribution is -0.0473. The van der Waals surface area contributed by atoms with Gasteiger partial charge in [0.25, 0.3) is 0 Å². The van der Waals surface area contributed by atoms with Crippen molar-refractivity contribution in [2.75, 3.05) is 13.1 Å². The highest BCUT2D eigenvalue weighted by Crippen LogP contribution is 2.49. The number of hydrogen-bond acceptors (Lipinski definition) is 2. The van der Waals surface area contributed by atoms with Gasteiger partial charge in [0.2, 0.25) is 0 Å². The van der Waals surface area contributed by atoms with Crippen LogP contribution in [-0.2, 0) is 11.0 Å². The fourth-order valence-electron chi connectivity index (χ4n) is 4.47. The maximum absolute atomic E-state index is 13.0. The van der Waals surface area contributed by atoms with E-state index in [1.54, 1.807) is 0 Å². The summed E-state index contributed by atoms with van der Waals surface area (Å²) in [5, 5.41) is 0. The number of nitrogens with zero attached hydrogens (tertiary/aromatic N) is 1.